The molecule has 0 spiro atoms. The number of rotatable bonds is 6. The number of benzene rings is 2. The third-order valence-corrected chi connectivity index (χ3v) is 6.54. The summed E-state index contributed by atoms with van der Waals surface area (Å²) in [5.41, 5.74) is 9.26. The van der Waals surface area contributed by atoms with Crippen molar-refractivity contribution >= 4 is 44.0 Å². The predicted octanol–water partition coefficient (Wildman–Crippen LogP) is 3.74. The molecule has 0 atom stereocenters. The van der Waals surface area contributed by atoms with Crippen LogP contribution in [0.3, 0.4) is 0 Å². The van der Waals surface area contributed by atoms with Crippen LogP contribution in [-0.4, -0.2) is 53.1 Å². The van der Waals surface area contributed by atoms with Crippen LogP contribution in [0.15, 0.2) is 54.9 Å². The number of ether oxygens (including phenoxy) is 1. The smallest absolute Gasteiger partial charge is 0.189 e. The first-order valence-corrected chi connectivity index (χ1v) is 11.3. The molecule has 164 valence electrons. The summed E-state index contributed by atoms with van der Waals surface area (Å²) in [5.74, 6) is 2.15. The van der Waals surface area contributed by atoms with E-state index in [-0.39, 0.29) is 0 Å². The molecule has 32 heavy (non-hydrogen) atoms. The van der Waals surface area contributed by atoms with Gasteiger partial charge in [0.15, 0.2) is 16.8 Å². The Morgan fingerprint density at radius 2 is 1.88 bits per heavy atom. The molecule has 8 nitrogen and oxygen atoms in total. The first-order chi connectivity index (χ1) is 15.7. The molecule has 0 saturated carbocycles. The van der Waals surface area contributed by atoms with Gasteiger partial charge in [-0.1, -0.05) is 41.7 Å². The van der Waals surface area contributed by atoms with Gasteiger partial charge in [-0.05, 0) is 23.8 Å². The van der Waals surface area contributed by atoms with E-state index >= 15 is 0 Å². The van der Waals surface area contributed by atoms with Gasteiger partial charge < -0.3 is 20.7 Å². The standard InChI is InChI=1S/C23H25N7OS/c1-31-17-7-8-18-19(13-17)32-23(27-18)28-21-20(24)22(26-15-25-21)30-11-9-29(10-12-30)14-16-5-3-2-4-6-16/h2-8,13,15H,9-12,14,24H2,1H3,(H,25,26,27,28). The van der Waals surface area contributed by atoms with Crippen molar-refractivity contribution in [1.29, 1.82) is 0 Å². The summed E-state index contributed by atoms with van der Waals surface area (Å²) in [6.07, 6.45) is 1.56. The lowest BCUT2D eigenvalue weighted by atomic mass is 10.2. The summed E-state index contributed by atoms with van der Waals surface area (Å²) >= 11 is 1.53. The molecular weight excluding hydrogens is 422 g/mol. The van der Waals surface area contributed by atoms with Crippen molar-refractivity contribution in [1.82, 2.24) is 19.9 Å². The number of anilines is 4. The Hall–Kier alpha value is -3.43. The van der Waals surface area contributed by atoms with Gasteiger partial charge in [0.1, 0.15) is 17.8 Å². The largest absolute Gasteiger partial charge is 0.497 e. The average molecular weight is 448 g/mol. The molecule has 5 rings (SSSR count). The summed E-state index contributed by atoms with van der Waals surface area (Å²) < 4.78 is 6.34. The molecule has 1 fully saturated rings. The third kappa shape index (κ3) is 4.30. The molecule has 0 bridgehead atoms. The van der Waals surface area contributed by atoms with Gasteiger partial charge in [0.05, 0.1) is 17.3 Å². The molecule has 3 N–H and O–H groups in total. The van der Waals surface area contributed by atoms with E-state index in [2.05, 4.69) is 60.4 Å². The molecule has 1 saturated heterocycles. The van der Waals surface area contributed by atoms with Gasteiger partial charge in [0.2, 0.25) is 0 Å². The Bertz CT molecular complexity index is 1210. The molecule has 0 amide bonds. The number of nitrogen functional groups attached to an aromatic ring is 1. The van der Waals surface area contributed by atoms with Crippen LogP contribution in [0.5, 0.6) is 5.75 Å². The molecule has 0 aliphatic carbocycles. The summed E-state index contributed by atoms with van der Waals surface area (Å²) in [4.78, 5) is 18.2. The van der Waals surface area contributed by atoms with E-state index in [0.29, 0.717) is 11.5 Å². The van der Waals surface area contributed by atoms with E-state index in [0.717, 1.165) is 59.6 Å². The summed E-state index contributed by atoms with van der Waals surface area (Å²) in [6.45, 7) is 4.62. The number of nitrogens with one attached hydrogen (secondary N) is 1. The van der Waals surface area contributed by atoms with Crippen LogP contribution in [-0.2, 0) is 6.54 Å². The molecule has 1 aliphatic heterocycles. The molecular formula is C23H25N7OS. The van der Waals surface area contributed by atoms with Crippen molar-refractivity contribution in [2.75, 3.05) is 49.2 Å². The van der Waals surface area contributed by atoms with Gasteiger partial charge in [-0.15, -0.1) is 0 Å². The quantitative estimate of drug-likeness (QED) is 0.462. The summed E-state index contributed by atoms with van der Waals surface area (Å²) in [6, 6.07) is 16.4. The van der Waals surface area contributed by atoms with E-state index < -0.39 is 0 Å². The molecule has 9 heteroatoms. The van der Waals surface area contributed by atoms with Crippen molar-refractivity contribution in [3.05, 3.63) is 60.4 Å². The fourth-order valence-corrected chi connectivity index (χ4v) is 4.78. The zero-order chi connectivity index (χ0) is 21.9. The van der Waals surface area contributed by atoms with Crippen LogP contribution >= 0.6 is 11.3 Å². The number of hydrogen-bond acceptors (Lipinski definition) is 9. The van der Waals surface area contributed by atoms with Crippen molar-refractivity contribution < 1.29 is 4.74 Å². The second kappa shape index (κ2) is 8.97. The predicted molar refractivity (Wildman–Crippen MR) is 130 cm³/mol. The minimum absolute atomic E-state index is 0.542. The second-order valence-corrected chi connectivity index (χ2v) is 8.72. The minimum atomic E-state index is 0.542. The van der Waals surface area contributed by atoms with Gasteiger partial charge in [-0.2, -0.15) is 0 Å². The fraction of sp³-hybridized carbons (Fsp3) is 0.261. The van der Waals surface area contributed by atoms with Crippen molar-refractivity contribution in [2.45, 2.75) is 6.54 Å². The van der Waals surface area contributed by atoms with Crippen LogP contribution in [0.4, 0.5) is 22.5 Å². The molecule has 0 radical (unpaired) electrons. The number of aromatic nitrogens is 3. The van der Waals surface area contributed by atoms with E-state index in [9.17, 15) is 0 Å². The lowest BCUT2D eigenvalue weighted by Gasteiger charge is -2.35. The first kappa shape index (κ1) is 20.5. The van der Waals surface area contributed by atoms with Crippen LogP contribution in [0.25, 0.3) is 10.2 Å². The highest BCUT2D eigenvalue weighted by Gasteiger charge is 2.21. The van der Waals surface area contributed by atoms with E-state index in [4.69, 9.17) is 10.5 Å². The zero-order valence-electron chi connectivity index (χ0n) is 17.9. The van der Waals surface area contributed by atoms with Gasteiger partial charge in [-0.25, -0.2) is 15.0 Å². The van der Waals surface area contributed by atoms with Gasteiger partial charge in [0, 0.05) is 32.7 Å². The Morgan fingerprint density at radius 1 is 1.06 bits per heavy atom. The first-order valence-electron chi connectivity index (χ1n) is 10.5. The minimum Gasteiger partial charge on any atom is -0.497 e. The van der Waals surface area contributed by atoms with Gasteiger partial charge in [-0.3, -0.25) is 4.90 Å². The number of nitrogens with two attached hydrogens (primary N) is 1. The maximum Gasteiger partial charge on any atom is 0.189 e. The number of nitrogens with zero attached hydrogens (tertiary/aromatic N) is 5. The summed E-state index contributed by atoms with van der Waals surface area (Å²) in [7, 11) is 1.66. The molecule has 1 aliphatic rings. The lowest BCUT2D eigenvalue weighted by molar-refractivity contribution is 0.249. The molecule has 4 aromatic rings. The van der Waals surface area contributed by atoms with E-state index in [1.54, 1.807) is 13.4 Å². The Labute approximate surface area is 190 Å². The number of piperazine rings is 1. The Morgan fingerprint density at radius 3 is 2.66 bits per heavy atom. The number of methoxy groups -OCH3 is 1. The summed E-state index contributed by atoms with van der Waals surface area (Å²) in [5, 5.41) is 4.01. The van der Waals surface area contributed by atoms with Crippen molar-refractivity contribution in [3.63, 3.8) is 0 Å². The molecule has 3 heterocycles. The highest BCUT2D eigenvalue weighted by Crippen LogP contribution is 2.34. The van der Waals surface area contributed by atoms with Crippen molar-refractivity contribution in [3.8, 4) is 5.75 Å². The molecule has 2 aromatic carbocycles. The van der Waals surface area contributed by atoms with Crippen LogP contribution in [0.1, 0.15) is 5.56 Å². The van der Waals surface area contributed by atoms with Gasteiger partial charge >= 0.3 is 0 Å². The lowest BCUT2D eigenvalue weighted by Crippen LogP contribution is -2.46. The number of hydrogen-bond donors (Lipinski definition) is 2. The number of thiazole rings is 1. The third-order valence-electron chi connectivity index (χ3n) is 5.60. The van der Waals surface area contributed by atoms with Gasteiger partial charge in [0.25, 0.3) is 0 Å². The van der Waals surface area contributed by atoms with Crippen LogP contribution in [0, 0.1) is 0 Å². The van der Waals surface area contributed by atoms with Crippen LogP contribution < -0.4 is 20.7 Å². The maximum atomic E-state index is 6.47. The highest BCUT2D eigenvalue weighted by molar-refractivity contribution is 7.22. The monoisotopic (exact) mass is 447 g/mol. The topological polar surface area (TPSA) is 92.4 Å². The van der Waals surface area contributed by atoms with Crippen molar-refractivity contribution in [2.24, 2.45) is 0 Å². The van der Waals surface area contributed by atoms with Crippen LogP contribution in [0.2, 0.25) is 0 Å². The van der Waals surface area contributed by atoms with E-state index in [1.165, 1.54) is 16.9 Å². The normalized spacial score (nSPS) is 14.6. The average Bonchev–Trinajstić information content (AvgIpc) is 3.23. The Kier molecular flexibility index (Phi) is 5.74. The number of fused-ring (bicyclic) bond motifs is 1. The van der Waals surface area contributed by atoms with E-state index in [1.807, 2.05) is 18.2 Å². The molecule has 2 aromatic heterocycles. The highest BCUT2D eigenvalue weighted by atomic mass is 32.1. The molecule has 0 unspecified atom stereocenters. The Balaban J connectivity index is 1.28. The maximum absolute atomic E-state index is 6.47. The zero-order valence-corrected chi connectivity index (χ0v) is 18.7. The SMILES string of the molecule is COc1ccc2nc(Nc3ncnc(N4CCN(Cc5ccccc5)CC4)c3N)sc2c1. The fourth-order valence-electron chi connectivity index (χ4n) is 3.88. The second-order valence-electron chi connectivity index (χ2n) is 7.69.